The van der Waals surface area contributed by atoms with E-state index in [9.17, 15) is 0 Å². The highest BCUT2D eigenvalue weighted by atomic mass is 16.4. The van der Waals surface area contributed by atoms with E-state index in [0.29, 0.717) is 0 Å². The van der Waals surface area contributed by atoms with Crippen LogP contribution in [0, 0.1) is 0 Å². The van der Waals surface area contributed by atoms with E-state index in [0.717, 1.165) is 13.0 Å². The van der Waals surface area contributed by atoms with Crippen LogP contribution in [0.1, 0.15) is 19.8 Å². The molecular formula is C8H14BNO. The maximum Gasteiger partial charge on any atom is 0.441 e. The van der Waals surface area contributed by atoms with E-state index in [1.165, 1.54) is 6.42 Å². The molecule has 1 N–H and O–H groups in total. The third-order valence-corrected chi connectivity index (χ3v) is 1.55. The molecule has 0 saturated carbocycles. The minimum absolute atomic E-state index is 0.0894. The van der Waals surface area contributed by atoms with Crippen molar-refractivity contribution < 1.29 is 4.65 Å². The molecule has 0 aromatic carbocycles. The van der Waals surface area contributed by atoms with Crippen LogP contribution in [-0.4, -0.2) is 13.7 Å². The third-order valence-electron chi connectivity index (χ3n) is 1.55. The minimum atomic E-state index is 0.0894. The second kappa shape index (κ2) is 5.02. The lowest BCUT2D eigenvalue weighted by molar-refractivity contribution is 0.312. The van der Waals surface area contributed by atoms with Crippen molar-refractivity contribution in [3.63, 3.8) is 0 Å². The van der Waals surface area contributed by atoms with E-state index in [1.807, 2.05) is 24.3 Å². The summed E-state index contributed by atoms with van der Waals surface area (Å²) in [6.07, 6.45) is 8.17. The normalized spacial score (nSPS) is 15.2. The SMILES string of the molecule is CCCCOB1C=CC=CN1. The van der Waals surface area contributed by atoms with Crippen LogP contribution in [0.15, 0.2) is 24.3 Å². The average molecular weight is 151 g/mol. The van der Waals surface area contributed by atoms with Gasteiger partial charge in [0, 0.05) is 6.61 Å². The van der Waals surface area contributed by atoms with Gasteiger partial charge in [0.05, 0.1) is 0 Å². The maximum absolute atomic E-state index is 5.47. The number of nitrogens with one attached hydrogen (secondary N) is 1. The predicted molar refractivity (Wildman–Crippen MR) is 48.0 cm³/mol. The topological polar surface area (TPSA) is 21.3 Å². The summed E-state index contributed by atoms with van der Waals surface area (Å²) in [4.78, 5) is 0. The number of rotatable bonds is 4. The first-order valence-corrected chi connectivity index (χ1v) is 4.14. The first-order valence-electron chi connectivity index (χ1n) is 4.14. The van der Waals surface area contributed by atoms with Gasteiger partial charge in [0.15, 0.2) is 0 Å². The summed E-state index contributed by atoms with van der Waals surface area (Å²) in [5.74, 6) is 2.01. The smallest absolute Gasteiger partial charge is 0.413 e. The molecular weight excluding hydrogens is 137 g/mol. The van der Waals surface area contributed by atoms with Gasteiger partial charge >= 0.3 is 7.05 Å². The molecule has 0 bridgehead atoms. The summed E-state index contributed by atoms with van der Waals surface area (Å²) in [6.45, 7) is 3.00. The van der Waals surface area contributed by atoms with E-state index in [-0.39, 0.29) is 7.05 Å². The molecule has 3 heteroatoms. The highest BCUT2D eigenvalue weighted by molar-refractivity contribution is 6.55. The largest absolute Gasteiger partial charge is 0.441 e. The average Bonchev–Trinajstić information content (AvgIpc) is 2.07. The Hall–Kier alpha value is -0.695. The van der Waals surface area contributed by atoms with Crippen LogP contribution in [0.5, 0.6) is 0 Å². The van der Waals surface area contributed by atoms with Gasteiger partial charge in [-0.05, 0) is 18.7 Å². The van der Waals surface area contributed by atoms with Gasteiger partial charge in [0.1, 0.15) is 0 Å². The molecule has 0 aliphatic carbocycles. The van der Waals surface area contributed by atoms with Gasteiger partial charge in [-0.15, -0.1) is 0 Å². The summed E-state index contributed by atoms with van der Waals surface area (Å²) in [5, 5.41) is 3.09. The fraction of sp³-hybridized carbons (Fsp3) is 0.500. The van der Waals surface area contributed by atoms with Gasteiger partial charge in [-0.1, -0.05) is 25.4 Å². The zero-order valence-corrected chi connectivity index (χ0v) is 6.92. The number of hydrogen-bond donors (Lipinski definition) is 1. The van der Waals surface area contributed by atoms with Crippen molar-refractivity contribution in [1.29, 1.82) is 0 Å². The van der Waals surface area contributed by atoms with Crippen molar-refractivity contribution in [3.05, 3.63) is 24.3 Å². The molecule has 1 aliphatic heterocycles. The van der Waals surface area contributed by atoms with Crippen LogP contribution < -0.4 is 5.23 Å². The van der Waals surface area contributed by atoms with Gasteiger partial charge in [0.25, 0.3) is 0 Å². The Labute approximate surface area is 68.5 Å². The van der Waals surface area contributed by atoms with Crippen molar-refractivity contribution in [2.24, 2.45) is 0 Å². The second-order valence-corrected chi connectivity index (χ2v) is 2.56. The van der Waals surface area contributed by atoms with Crippen molar-refractivity contribution in [3.8, 4) is 0 Å². The Morgan fingerprint density at radius 3 is 3.00 bits per heavy atom. The molecule has 0 amide bonds. The zero-order valence-electron chi connectivity index (χ0n) is 6.92. The van der Waals surface area contributed by atoms with Crippen LogP contribution in [0.2, 0.25) is 0 Å². The van der Waals surface area contributed by atoms with E-state index in [2.05, 4.69) is 12.2 Å². The highest BCUT2D eigenvalue weighted by Gasteiger charge is 2.10. The second-order valence-electron chi connectivity index (χ2n) is 2.56. The summed E-state index contributed by atoms with van der Waals surface area (Å²) in [7, 11) is 0.0894. The van der Waals surface area contributed by atoms with E-state index in [1.54, 1.807) is 0 Å². The molecule has 0 aromatic rings. The predicted octanol–water partition coefficient (Wildman–Crippen LogP) is 1.50. The monoisotopic (exact) mass is 151 g/mol. The van der Waals surface area contributed by atoms with Gasteiger partial charge < -0.3 is 9.88 Å². The molecule has 0 spiro atoms. The summed E-state index contributed by atoms with van der Waals surface area (Å²) in [6, 6.07) is 0. The Balaban J connectivity index is 2.07. The third kappa shape index (κ3) is 3.28. The van der Waals surface area contributed by atoms with E-state index in [4.69, 9.17) is 4.65 Å². The standard InChI is InChI=1S/C8H14BNO/c1-2-3-8-11-9-6-4-5-7-10-9/h4-7,10H,2-3,8H2,1H3. The van der Waals surface area contributed by atoms with Crippen molar-refractivity contribution >= 4 is 7.05 Å². The summed E-state index contributed by atoms with van der Waals surface area (Å²) < 4.78 is 5.47. The lowest BCUT2D eigenvalue weighted by atomic mass is 9.81. The molecule has 1 aliphatic rings. The molecule has 60 valence electrons. The van der Waals surface area contributed by atoms with Crippen LogP contribution >= 0.6 is 0 Å². The fourth-order valence-corrected chi connectivity index (χ4v) is 0.885. The summed E-state index contributed by atoms with van der Waals surface area (Å²) >= 11 is 0. The molecule has 0 unspecified atom stereocenters. The number of hydrogen-bond acceptors (Lipinski definition) is 2. The zero-order chi connectivity index (χ0) is 7.94. The van der Waals surface area contributed by atoms with Crippen LogP contribution in [0.25, 0.3) is 0 Å². The van der Waals surface area contributed by atoms with E-state index < -0.39 is 0 Å². The van der Waals surface area contributed by atoms with Gasteiger partial charge in [-0.2, -0.15) is 0 Å². The molecule has 0 radical (unpaired) electrons. The molecule has 0 atom stereocenters. The van der Waals surface area contributed by atoms with Crippen molar-refractivity contribution in [2.75, 3.05) is 6.61 Å². The minimum Gasteiger partial charge on any atom is -0.413 e. The van der Waals surface area contributed by atoms with Crippen LogP contribution in [-0.2, 0) is 4.65 Å². The lowest BCUT2D eigenvalue weighted by Gasteiger charge is -2.11. The molecule has 1 rings (SSSR count). The molecule has 2 nitrogen and oxygen atoms in total. The Morgan fingerprint density at radius 2 is 2.36 bits per heavy atom. The van der Waals surface area contributed by atoms with Crippen molar-refractivity contribution in [1.82, 2.24) is 5.23 Å². The molecule has 0 fully saturated rings. The Bertz CT molecular complexity index is 156. The van der Waals surface area contributed by atoms with Gasteiger partial charge in [0.2, 0.25) is 0 Å². The van der Waals surface area contributed by atoms with Crippen molar-refractivity contribution in [2.45, 2.75) is 19.8 Å². The highest BCUT2D eigenvalue weighted by Crippen LogP contribution is 1.94. The van der Waals surface area contributed by atoms with Gasteiger partial charge in [-0.25, -0.2) is 0 Å². The van der Waals surface area contributed by atoms with E-state index >= 15 is 0 Å². The Morgan fingerprint density at radius 1 is 1.45 bits per heavy atom. The number of allylic oxidation sites excluding steroid dienone is 2. The van der Waals surface area contributed by atoms with Crippen LogP contribution in [0.3, 0.4) is 0 Å². The van der Waals surface area contributed by atoms with Gasteiger partial charge in [-0.3, -0.25) is 0 Å². The Kier molecular flexibility index (Phi) is 3.84. The lowest BCUT2D eigenvalue weighted by Crippen LogP contribution is -2.33. The molecule has 0 saturated heterocycles. The van der Waals surface area contributed by atoms with Crippen LogP contribution in [0.4, 0.5) is 0 Å². The summed E-state index contributed by atoms with van der Waals surface area (Å²) in [5.41, 5.74) is 0. The molecule has 0 aromatic heterocycles. The quantitative estimate of drug-likeness (QED) is 0.485. The first kappa shape index (κ1) is 8.40. The molecule has 1 heterocycles. The fourth-order valence-electron chi connectivity index (χ4n) is 0.885. The molecule has 11 heavy (non-hydrogen) atoms. The number of unbranched alkanes of at least 4 members (excludes halogenated alkanes) is 1. The first-order chi connectivity index (χ1) is 5.43. The maximum atomic E-state index is 5.47.